The molecule has 3 aromatic rings. The predicted octanol–water partition coefficient (Wildman–Crippen LogP) is 2.06. The van der Waals surface area contributed by atoms with E-state index in [4.69, 9.17) is 16.0 Å². The van der Waals surface area contributed by atoms with Gasteiger partial charge >= 0.3 is 0 Å². The first-order valence-electron chi connectivity index (χ1n) is 4.23. The van der Waals surface area contributed by atoms with Crippen molar-refractivity contribution in [3.63, 3.8) is 0 Å². The topological polar surface area (TPSA) is 56.7 Å². The molecule has 3 aromatic heterocycles. The third kappa shape index (κ3) is 1.20. The molecule has 0 fully saturated rings. The van der Waals surface area contributed by atoms with E-state index in [-0.39, 0.29) is 0 Å². The van der Waals surface area contributed by atoms with E-state index in [0.717, 1.165) is 0 Å². The minimum absolute atomic E-state index is 0.338. The molecule has 0 atom stereocenters. The smallest absolute Gasteiger partial charge is 0.206 e. The Balaban J connectivity index is 2.34. The Kier molecular flexibility index (Phi) is 1.72. The van der Waals surface area contributed by atoms with E-state index in [0.29, 0.717) is 22.2 Å². The zero-order valence-electron chi connectivity index (χ0n) is 7.46. The van der Waals surface area contributed by atoms with Crippen LogP contribution in [0.4, 0.5) is 0 Å². The van der Waals surface area contributed by atoms with Crippen LogP contribution in [0.25, 0.3) is 17.0 Å². The molecule has 0 aliphatic carbocycles. The minimum atomic E-state index is 0.338. The van der Waals surface area contributed by atoms with Crippen molar-refractivity contribution in [2.24, 2.45) is 0 Å². The van der Waals surface area contributed by atoms with Crippen LogP contribution in [-0.4, -0.2) is 19.5 Å². The number of imidazole rings is 1. The fourth-order valence-corrected chi connectivity index (χ4v) is 1.55. The summed E-state index contributed by atoms with van der Waals surface area (Å²) in [4.78, 5) is 12.1. The van der Waals surface area contributed by atoms with Gasteiger partial charge in [0.15, 0.2) is 10.8 Å². The van der Waals surface area contributed by atoms with Crippen LogP contribution in [0.5, 0.6) is 0 Å². The standard InChI is InChI=1S/C9H5ClN4O/c10-8-7-9(12-4-11-8)14(5-13-7)6-2-1-3-15-6/h1-5H. The molecule has 0 saturated heterocycles. The van der Waals surface area contributed by atoms with Crippen LogP contribution >= 0.6 is 11.6 Å². The van der Waals surface area contributed by atoms with Crippen molar-refractivity contribution >= 4 is 22.8 Å². The molecule has 0 aliphatic heterocycles. The van der Waals surface area contributed by atoms with Crippen molar-refractivity contribution < 1.29 is 4.42 Å². The number of fused-ring (bicyclic) bond motifs is 1. The Hall–Kier alpha value is -1.88. The maximum atomic E-state index is 5.87. The molecule has 0 aliphatic rings. The number of rotatable bonds is 1. The monoisotopic (exact) mass is 220 g/mol. The molecule has 0 N–H and O–H groups in total. The molecule has 74 valence electrons. The van der Waals surface area contributed by atoms with E-state index >= 15 is 0 Å². The van der Waals surface area contributed by atoms with Gasteiger partial charge in [-0.05, 0) is 6.07 Å². The Morgan fingerprint density at radius 1 is 1.27 bits per heavy atom. The third-order valence-electron chi connectivity index (χ3n) is 2.03. The number of halogens is 1. The third-order valence-corrected chi connectivity index (χ3v) is 2.31. The molecule has 0 spiro atoms. The number of hydrogen-bond donors (Lipinski definition) is 0. The summed E-state index contributed by atoms with van der Waals surface area (Å²) in [7, 11) is 0. The highest BCUT2D eigenvalue weighted by atomic mass is 35.5. The van der Waals surface area contributed by atoms with Gasteiger partial charge in [0.05, 0.1) is 6.26 Å². The molecule has 15 heavy (non-hydrogen) atoms. The number of aromatic nitrogens is 4. The Morgan fingerprint density at radius 2 is 2.20 bits per heavy atom. The fourth-order valence-electron chi connectivity index (χ4n) is 1.37. The fraction of sp³-hybridized carbons (Fsp3) is 0. The molecule has 3 heterocycles. The average molecular weight is 221 g/mol. The molecule has 5 nitrogen and oxygen atoms in total. The molecule has 6 heteroatoms. The maximum Gasteiger partial charge on any atom is 0.206 e. The summed E-state index contributed by atoms with van der Waals surface area (Å²) in [6, 6.07) is 3.61. The first-order chi connectivity index (χ1) is 7.36. The van der Waals surface area contributed by atoms with Gasteiger partial charge < -0.3 is 4.42 Å². The van der Waals surface area contributed by atoms with Crippen LogP contribution in [0.3, 0.4) is 0 Å². The molecule has 3 rings (SSSR count). The highest BCUT2D eigenvalue weighted by molar-refractivity contribution is 6.33. The number of hydrogen-bond acceptors (Lipinski definition) is 4. The lowest BCUT2D eigenvalue weighted by molar-refractivity contribution is 0.541. The zero-order valence-corrected chi connectivity index (χ0v) is 8.22. The van der Waals surface area contributed by atoms with E-state index in [1.54, 1.807) is 23.2 Å². The number of furan rings is 1. The van der Waals surface area contributed by atoms with Crippen molar-refractivity contribution in [2.45, 2.75) is 0 Å². The predicted molar refractivity (Wildman–Crippen MR) is 53.9 cm³/mol. The molecule has 0 aromatic carbocycles. The highest BCUT2D eigenvalue weighted by Gasteiger charge is 2.10. The summed E-state index contributed by atoms with van der Waals surface area (Å²) >= 11 is 5.87. The Morgan fingerprint density at radius 3 is 3.00 bits per heavy atom. The molecule has 0 radical (unpaired) electrons. The van der Waals surface area contributed by atoms with E-state index in [1.807, 2.05) is 6.07 Å². The van der Waals surface area contributed by atoms with E-state index in [9.17, 15) is 0 Å². The molecule has 0 bridgehead atoms. The Labute approximate surface area is 89.3 Å². The summed E-state index contributed by atoms with van der Waals surface area (Å²) in [6.07, 6.45) is 4.58. The summed E-state index contributed by atoms with van der Waals surface area (Å²) in [6.45, 7) is 0. The second kappa shape index (κ2) is 3.06. The van der Waals surface area contributed by atoms with E-state index in [1.165, 1.54) is 6.33 Å². The van der Waals surface area contributed by atoms with Gasteiger partial charge in [-0.1, -0.05) is 11.6 Å². The first kappa shape index (κ1) is 8.43. The van der Waals surface area contributed by atoms with Crippen molar-refractivity contribution in [1.29, 1.82) is 0 Å². The second-order valence-electron chi connectivity index (χ2n) is 2.90. The quantitative estimate of drug-likeness (QED) is 0.589. The maximum absolute atomic E-state index is 5.87. The summed E-state index contributed by atoms with van der Waals surface area (Å²) < 4.78 is 6.96. The van der Waals surface area contributed by atoms with Crippen LogP contribution in [-0.2, 0) is 0 Å². The first-order valence-corrected chi connectivity index (χ1v) is 4.61. The lowest BCUT2D eigenvalue weighted by atomic mass is 10.5. The normalized spacial score (nSPS) is 11.0. The van der Waals surface area contributed by atoms with E-state index < -0.39 is 0 Å². The van der Waals surface area contributed by atoms with Gasteiger partial charge in [0.25, 0.3) is 0 Å². The molecule has 0 amide bonds. The van der Waals surface area contributed by atoms with Crippen molar-refractivity contribution in [3.05, 3.63) is 36.2 Å². The second-order valence-corrected chi connectivity index (χ2v) is 3.26. The van der Waals surface area contributed by atoms with Gasteiger partial charge in [-0.15, -0.1) is 0 Å². The largest absolute Gasteiger partial charge is 0.448 e. The van der Waals surface area contributed by atoms with Crippen molar-refractivity contribution in [3.8, 4) is 5.88 Å². The van der Waals surface area contributed by atoms with Gasteiger partial charge in [0.1, 0.15) is 18.2 Å². The van der Waals surface area contributed by atoms with Gasteiger partial charge in [-0.25, -0.2) is 15.0 Å². The lowest BCUT2D eigenvalue weighted by Gasteiger charge is -1.97. The van der Waals surface area contributed by atoms with E-state index in [2.05, 4.69) is 15.0 Å². The Bertz CT molecular complexity index is 602. The molecule has 0 saturated carbocycles. The van der Waals surface area contributed by atoms with Crippen LogP contribution in [0, 0.1) is 0 Å². The summed E-state index contributed by atoms with van der Waals surface area (Å²) in [5, 5.41) is 0.338. The molecular formula is C9H5ClN4O. The van der Waals surface area contributed by atoms with Crippen molar-refractivity contribution in [2.75, 3.05) is 0 Å². The zero-order chi connectivity index (χ0) is 10.3. The highest BCUT2D eigenvalue weighted by Crippen LogP contribution is 2.20. The molecule has 0 unspecified atom stereocenters. The minimum Gasteiger partial charge on any atom is -0.448 e. The SMILES string of the molecule is Clc1ncnc2c1ncn2-c1ccco1. The van der Waals surface area contributed by atoms with Gasteiger partial charge in [-0.2, -0.15) is 0 Å². The summed E-state index contributed by atoms with van der Waals surface area (Å²) in [5.74, 6) is 0.646. The molecular weight excluding hydrogens is 216 g/mol. The van der Waals surface area contributed by atoms with Crippen LogP contribution in [0.1, 0.15) is 0 Å². The lowest BCUT2D eigenvalue weighted by Crippen LogP contribution is -1.91. The van der Waals surface area contributed by atoms with Gasteiger partial charge in [0, 0.05) is 6.07 Å². The van der Waals surface area contributed by atoms with Gasteiger partial charge in [-0.3, -0.25) is 4.57 Å². The average Bonchev–Trinajstić information content (AvgIpc) is 2.85. The van der Waals surface area contributed by atoms with Crippen LogP contribution in [0.15, 0.2) is 35.5 Å². The van der Waals surface area contributed by atoms with Crippen molar-refractivity contribution in [1.82, 2.24) is 19.5 Å². The van der Waals surface area contributed by atoms with Crippen LogP contribution < -0.4 is 0 Å². The number of nitrogens with zero attached hydrogens (tertiary/aromatic N) is 4. The summed E-state index contributed by atoms with van der Waals surface area (Å²) in [5.41, 5.74) is 1.19. The van der Waals surface area contributed by atoms with Crippen LogP contribution in [0.2, 0.25) is 5.15 Å². The van der Waals surface area contributed by atoms with Gasteiger partial charge in [0.2, 0.25) is 5.88 Å².